The number of hydrogen-bond donors (Lipinski definition) is 1. The van der Waals surface area contributed by atoms with Crippen LogP contribution in [0, 0.1) is 5.82 Å². The van der Waals surface area contributed by atoms with Crippen LogP contribution >= 0.6 is 0 Å². The third-order valence-electron chi connectivity index (χ3n) is 3.41. The fourth-order valence-electron chi connectivity index (χ4n) is 2.34. The van der Waals surface area contributed by atoms with E-state index in [-0.39, 0.29) is 16.9 Å². The Bertz CT molecular complexity index is 780. The van der Waals surface area contributed by atoms with Crippen molar-refractivity contribution < 1.29 is 23.8 Å². The number of halogens is 1. The quantitative estimate of drug-likeness (QED) is 0.401. The molecule has 0 radical (unpaired) electrons. The summed E-state index contributed by atoms with van der Waals surface area (Å²) in [6.07, 6.45) is -1.25. The van der Waals surface area contributed by atoms with E-state index in [1.54, 1.807) is 36.4 Å². The van der Waals surface area contributed by atoms with Crippen molar-refractivity contribution >= 4 is 17.5 Å². The van der Waals surface area contributed by atoms with Crippen molar-refractivity contribution in [3.05, 3.63) is 77.1 Å². The SMILES string of the molecule is O=C1OC(c2ccccc2F)C(=C(O)c2ccccc2)C1=O. The van der Waals surface area contributed by atoms with Crippen LogP contribution in [0.1, 0.15) is 17.2 Å². The van der Waals surface area contributed by atoms with E-state index in [2.05, 4.69) is 0 Å². The van der Waals surface area contributed by atoms with Crippen molar-refractivity contribution in [2.45, 2.75) is 6.10 Å². The number of cyclic esters (lactones) is 1. The second-order valence-corrected chi connectivity index (χ2v) is 4.76. The van der Waals surface area contributed by atoms with Crippen molar-refractivity contribution in [2.75, 3.05) is 0 Å². The molecule has 5 heteroatoms. The van der Waals surface area contributed by atoms with Gasteiger partial charge in [-0.2, -0.15) is 0 Å². The van der Waals surface area contributed by atoms with Crippen LogP contribution < -0.4 is 0 Å². The second kappa shape index (κ2) is 5.44. The van der Waals surface area contributed by atoms with Gasteiger partial charge in [0, 0.05) is 11.1 Å². The van der Waals surface area contributed by atoms with Crippen molar-refractivity contribution in [3.63, 3.8) is 0 Å². The first-order valence-electron chi connectivity index (χ1n) is 6.58. The van der Waals surface area contributed by atoms with Gasteiger partial charge in [0.25, 0.3) is 5.78 Å². The summed E-state index contributed by atoms with van der Waals surface area (Å²) < 4.78 is 18.9. The first-order chi connectivity index (χ1) is 10.6. The highest BCUT2D eigenvalue weighted by Gasteiger charge is 2.43. The lowest BCUT2D eigenvalue weighted by Gasteiger charge is -2.13. The maximum atomic E-state index is 13.9. The number of aliphatic hydroxyl groups is 1. The van der Waals surface area contributed by atoms with Gasteiger partial charge in [0.2, 0.25) is 0 Å². The molecule has 1 atom stereocenters. The van der Waals surface area contributed by atoms with E-state index in [4.69, 9.17) is 4.74 Å². The molecule has 1 unspecified atom stereocenters. The van der Waals surface area contributed by atoms with Gasteiger partial charge in [-0.05, 0) is 6.07 Å². The van der Waals surface area contributed by atoms with E-state index in [0.29, 0.717) is 5.56 Å². The van der Waals surface area contributed by atoms with Crippen molar-refractivity contribution in [1.29, 1.82) is 0 Å². The summed E-state index contributed by atoms with van der Waals surface area (Å²) >= 11 is 0. The number of Topliss-reactive ketones (excluding diaryl/α,β-unsaturated/α-hetero) is 1. The topological polar surface area (TPSA) is 63.6 Å². The Morgan fingerprint density at radius 2 is 1.64 bits per heavy atom. The molecule has 0 bridgehead atoms. The van der Waals surface area contributed by atoms with Crippen LogP contribution in [-0.2, 0) is 14.3 Å². The molecule has 4 nitrogen and oxygen atoms in total. The molecule has 1 aliphatic heterocycles. The largest absolute Gasteiger partial charge is 0.507 e. The molecule has 3 rings (SSSR count). The van der Waals surface area contributed by atoms with Gasteiger partial charge in [-0.15, -0.1) is 0 Å². The van der Waals surface area contributed by atoms with Gasteiger partial charge in [0.15, 0.2) is 6.10 Å². The molecule has 22 heavy (non-hydrogen) atoms. The third kappa shape index (κ3) is 2.26. The molecular formula is C17H11FO4. The number of hydrogen-bond acceptors (Lipinski definition) is 4. The lowest BCUT2D eigenvalue weighted by molar-refractivity contribution is -0.149. The molecule has 1 aliphatic rings. The molecule has 0 aromatic heterocycles. The lowest BCUT2D eigenvalue weighted by Crippen LogP contribution is -2.08. The number of esters is 1. The minimum Gasteiger partial charge on any atom is -0.507 e. The van der Waals surface area contributed by atoms with E-state index in [1.807, 2.05) is 0 Å². The van der Waals surface area contributed by atoms with Gasteiger partial charge < -0.3 is 9.84 Å². The molecule has 0 amide bonds. The number of benzene rings is 2. The Morgan fingerprint density at radius 1 is 1.00 bits per heavy atom. The van der Waals surface area contributed by atoms with E-state index in [9.17, 15) is 19.1 Å². The summed E-state index contributed by atoms with van der Waals surface area (Å²) in [5.41, 5.74) is 0.131. The smallest absolute Gasteiger partial charge is 0.380 e. The molecule has 2 aromatic carbocycles. The number of ketones is 1. The lowest BCUT2D eigenvalue weighted by atomic mass is 9.96. The molecule has 0 saturated carbocycles. The van der Waals surface area contributed by atoms with Crippen LogP contribution in [0.4, 0.5) is 4.39 Å². The van der Waals surface area contributed by atoms with Crippen molar-refractivity contribution in [1.82, 2.24) is 0 Å². The Morgan fingerprint density at radius 3 is 2.32 bits per heavy atom. The van der Waals surface area contributed by atoms with Crippen LogP contribution in [0.15, 0.2) is 60.2 Å². The normalized spacial score (nSPS) is 20.0. The molecule has 110 valence electrons. The van der Waals surface area contributed by atoms with E-state index < -0.39 is 23.7 Å². The molecule has 0 aliphatic carbocycles. The average molecular weight is 298 g/mol. The third-order valence-corrected chi connectivity index (χ3v) is 3.41. The number of ether oxygens (including phenoxy) is 1. The predicted molar refractivity (Wildman–Crippen MR) is 76.2 cm³/mol. The predicted octanol–water partition coefficient (Wildman–Crippen LogP) is 2.96. The highest BCUT2D eigenvalue weighted by Crippen LogP contribution is 2.37. The monoisotopic (exact) mass is 298 g/mol. The van der Waals surface area contributed by atoms with Gasteiger partial charge in [0.05, 0.1) is 5.57 Å². The van der Waals surface area contributed by atoms with Gasteiger partial charge >= 0.3 is 5.97 Å². The van der Waals surface area contributed by atoms with Crippen LogP contribution in [0.5, 0.6) is 0 Å². The van der Waals surface area contributed by atoms with Crippen molar-refractivity contribution in [3.8, 4) is 0 Å². The molecule has 1 N–H and O–H groups in total. The van der Waals surface area contributed by atoms with Crippen LogP contribution in [0.25, 0.3) is 5.76 Å². The van der Waals surface area contributed by atoms with Gasteiger partial charge in [0.1, 0.15) is 11.6 Å². The summed E-state index contributed by atoms with van der Waals surface area (Å²) in [4.78, 5) is 23.6. The van der Waals surface area contributed by atoms with E-state index in [1.165, 1.54) is 18.2 Å². The number of aliphatic hydroxyl groups excluding tert-OH is 1. The Hall–Kier alpha value is -2.95. The highest BCUT2D eigenvalue weighted by atomic mass is 19.1. The highest BCUT2D eigenvalue weighted by molar-refractivity contribution is 6.44. The second-order valence-electron chi connectivity index (χ2n) is 4.76. The molecule has 1 heterocycles. The van der Waals surface area contributed by atoms with E-state index in [0.717, 1.165) is 0 Å². The van der Waals surface area contributed by atoms with Gasteiger partial charge in [-0.3, -0.25) is 4.79 Å². The van der Waals surface area contributed by atoms with Crippen LogP contribution in [0.2, 0.25) is 0 Å². The maximum absolute atomic E-state index is 13.9. The van der Waals surface area contributed by atoms with Crippen LogP contribution in [0.3, 0.4) is 0 Å². The molecule has 0 spiro atoms. The average Bonchev–Trinajstić information content (AvgIpc) is 2.83. The fraction of sp³-hybridized carbons (Fsp3) is 0.0588. The zero-order chi connectivity index (χ0) is 15.7. The Balaban J connectivity index is 2.16. The zero-order valence-corrected chi connectivity index (χ0v) is 11.3. The summed E-state index contributed by atoms with van der Waals surface area (Å²) in [6.45, 7) is 0. The molecular weight excluding hydrogens is 287 g/mol. The number of rotatable bonds is 2. The molecule has 2 aromatic rings. The summed E-state index contributed by atoms with van der Waals surface area (Å²) in [5, 5.41) is 10.3. The minimum absolute atomic E-state index is 0.0270. The fourth-order valence-corrected chi connectivity index (χ4v) is 2.34. The van der Waals surface area contributed by atoms with Crippen LogP contribution in [-0.4, -0.2) is 16.9 Å². The summed E-state index contributed by atoms with van der Waals surface area (Å²) in [5.74, 6) is -3.07. The number of carbonyl (C=O) groups excluding carboxylic acids is 2. The van der Waals surface area contributed by atoms with Gasteiger partial charge in [-0.25, -0.2) is 9.18 Å². The standard InChI is InChI=1S/C17H11FO4/c18-12-9-5-4-8-11(12)16-13(15(20)17(21)22-16)14(19)10-6-2-1-3-7-10/h1-9,16,19H. The zero-order valence-electron chi connectivity index (χ0n) is 11.3. The molecule has 1 fully saturated rings. The van der Waals surface area contributed by atoms with Crippen molar-refractivity contribution in [2.24, 2.45) is 0 Å². The summed E-state index contributed by atoms with van der Waals surface area (Å²) in [6, 6.07) is 13.9. The number of carbonyl (C=O) groups is 2. The summed E-state index contributed by atoms with van der Waals surface area (Å²) in [7, 11) is 0. The minimum atomic E-state index is -1.25. The van der Waals surface area contributed by atoms with Gasteiger partial charge in [-0.1, -0.05) is 48.5 Å². The van der Waals surface area contributed by atoms with E-state index >= 15 is 0 Å². The first-order valence-corrected chi connectivity index (χ1v) is 6.58. The Kier molecular flexibility index (Phi) is 3.47. The Labute approximate surface area is 125 Å². The maximum Gasteiger partial charge on any atom is 0.380 e. The molecule has 1 saturated heterocycles. The first kappa shape index (κ1) is 14.0.